The van der Waals surface area contributed by atoms with Gasteiger partial charge in [0.25, 0.3) is 5.69 Å². The molecule has 0 saturated carbocycles. The maximum atomic E-state index is 11.5. The number of fused-ring (bicyclic) bond motifs is 3. The van der Waals surface area contributed by atoms with E-state index in [2.05, 4.69) is 0 Å². The molecular weight excluding hydrogens is 302 g/mol. The lowest BCUT2D eigenvalue weighted by molar-refractivity contribution is -0.383. The highest BCUT2D eigenvalue weighted by atomic mass is 16.6. The van der Waals surface area contributed by atoms with Crippen molar-refractivity contribution in [2.45, 2.75) is 0 Å². The number of nitrogens with zero attached hydrogens (tertiary/aromatic N) is 1. The van der Waals surface area contributed by atoms with Gasteiger partial charge in [0.2, 0.25) is 0 Å². The summed E-state index contributed by atoms with van der Waals surface area (Å²) in [4.78, 5) is 33.6. The summed E-state index contributed by atoms with van der Waals surface area (Å²) in [5, 5.41) is 30.8. The number of rotatable bonds is 3. The highest BCUT2D eigenvalue weighted by Crippen LogP contribution is 2.36. The smallest absolute Gasteiger partial charge is 0.336 e. The molecular formula is C16H9NO6. The van der Waals surface area contributed by atoms with Crippen molar-refractivity contribution in [2.24, 2.45) is 0 Å². The summed E-state index contributed by atoms with van der Waals surface area (Å²) in [6.45, 7) is 0. The standard InChI is InChI=1S/C16H9NO6/c18-15(19)10-5-2-4-9-13-8(3-1-6-12(13)17(22)23)7-11(14(9)10)16(20)21/h1-7H,(H,18,19)(H,20,21). The number of hydrogen-bond donors (Lipinski definition) is 2. The third-order valence-corrected chi connectivity index (χ3v) is 3.64. The average Bonchev–Trinajstić information content (AvgIpc) is 2.52. The fourth-order valence-corrected chi connectivity index (χ4v) is 2.75. The van der Waals surface area contributed by atoms with Crippen molar-refractivity contribution in [3.8, 4) is 0 Å². The second kappa shape index (κ2) is 5.06. The van der Waals surface area contributed by atoms with Gasteiger partial charge in [-0.05, 0) is 22.9 Å². The maximum absolute atomic E-state index is 11.5. The van der Waals surface area contributed by atoms with Gasteiger partial charge in [0, 0.05) is 11.5 Å². The first-order valence-electron chi connectivity index (χ1n) is 6.51. The van der Waals surface area contributed by atoms with Crippen molar-refractivity contribution in [3.63, 3.8) is 0 Å². The van der Waals surface area contributed by atoms with E-state index in [1.807, 2.05) is 0 Å². The molecule has 7 heteroatoms. The molecule has 0 radical (unpaired) electrons. The number of benzene rings is 3. The van der Waals surface area contributed by atoms with Crippen LogP contribution in [0.2, 0.25) is 0 Å². The highest BCUT2D eigenvalue weighted by Gasteiger charge is 2.22. The van der Waals surface area contributed by atoms with E-state index in [1.54, 1.807) is 6.07 Å². The minimum Gasteiger partial charge on any atom is -0.478 e. The molecule has 0 fully saturated rings. The maximum Gasteiger partial charge on any atom is 0.336 e. The molecule has 7 nitrogen and oxygen atoms in total. The molecule has 0 heterocycles. The van der Waals surface area contributed by atoms with Crippen LogP contribution in [-0.2, 0) is 0 Å². The molecule has 0 aliphatic carbocycles. The number of non-ortho nitro benzene ring substituents is 1. The molecule has 0 aliphatic heterocycles. The Balaban J connectivity index is 2.66. The van der Waals surface area contributed by atoms with Crippen molar-refractivity contribution in [1.82, 2.24) is 0 Å². The van der Waals surface area contributed by atoms with E-state index in [0.717, 1.165) is 0 Å². The normalized spacial score (nSPS) is 10.8. The number of aromatic carboxylic acids is 2. The van der Waals surface area contributed by atoms with Gasteiger partial charge in [-0.1, -0.05) is 24.3 Å². The Morgan fingerprint density at radius 3 is 2.17 bits per heavy atom. The fourth-order valence-electron chi connectivity index (χ4n) is 2.75. The second-order valence-corrected chi connectivity index (χ2v) is 4.89. The lowest BCUT2D eigenvalue weighted by atomic mass is 9.93. The van der Waals surface area contributed by atoms with Crippen molar-refractivity contribution in [3.05, 3.63) is 63.7 Å². The van der Waals surface area contributed by atoms with Crippen LogP contribution in [-0.4, -0.2) is 27.1 Å². The zero-order chi connectivity index (χ0) is 16.7. The molecule has 3 aromatic carbocycles. The Bertz CT molecular complexity index is 1010. The topological polar surface area (TPSA) is 118 Å². The van der Waals surface area contributed by atoms with E-state index in [0.29, 0.717) is 5.39 Å². The molecule has 0 aromatic heterocycles. The molecule has 2 N–H and O–H groups in total. The fraction of sp³-hybridized carbons (Fsp3) is 0. The van der Waals surface area contributed by atoms with Gasteiger partial charge in [-0.3, -0.25) is 10.1 Å². The zero-order valence-corrected chi connectivity index (χ0v) is 11.5. The number of carboxylic acid groups (broad SMARTS) is 2. The summed E-state index contributed by atoms with van der Waals surface area (Å²) in [5.74, 6) is -2.59. The number of hydrogen-bond acceptors (Lipinski definition) is 4. The van der Waals surface area contributed by atoms with E-state index >= 15 is 0 Å². The van der Waals surface area contributed by atoms with Crippen LogP contribution in [0, 0.1) is 10.1 Å². The van der Waals surface area contributed by atoms with Gasteiger partial charge in [-0.25, -0.2) is 9.59 Å². The van der Waals surface area contributed by atoms with Gasteiger partial charge in [0.15, 0.2) is 0 Å². The van der Waals surface area contributed by atoms with Gasteiger partial charge in [-0.15, -0.1) is 0 Å². The summed E-state index contributed by atoms with van der Waals surface area (Å²) in [6, 6.07) is 9.78. The largest absolute Gasteiger partial charge is 0.478 e. The Labute approximate surface area is 128 Å². The van der Waals surface area contributed by atoms with Gasteiger partial charge < -0.3 is 10.2 Å². The van der Waals surface area contributed by atoms with Gasteiger partial charge in [0.05, 0.1) is 21.4 Å². The lowest BCUT2D eigenvalue weighted by Crippen LogP contribution is -2.05. The van der Waals surface area contributed by atoms with Crippen LogP contribution in [0.15, 0.2) is 42.5 Å². The third-order valence-electron chi connectivity index (χ3n) is 3.64. The van der Waals surface area contributed by atoms with Crippen molar-refractivity contribution in [1.29, 1.82) is 0 Å². The molecule has 0 aliphatic rings. The van der Waals surface area contributed by atoms with Crippen molar-refractivity contribution >= 4 is 39.2 Å². The number of carbonyl (C=O) groups is 2. The molecule has 0 spiro atoms. The predicted octanol–water partition coefficient (Wildman–Crippen LogP) is 3.30. The summed E-state index contributed by atoms with van der Waals surface area (Å²) in [6.07, 6.45) is 0. The summed E-state index contributed by atoms with van der Waals surface area (Å²) >= 11 is 0. The summed E-state index contributed by atoms with van der Waals surface area (Å²) in [7, 11) is 0. The van der Waals surface area contributed by atoms with Crippen molar-refractivity contribution < 1.29 is 24.7 Å². The second-order valence-electron chi connectivity index (χ2n) is 4.89. The Hall–Kier alpha value is -3.48. The Kier molecular flexibility index (Phi) is 3.18. The molecule has 0 unspecified atom stereocenters. The van der Waals surface area contributed by atoms with E-state index in [9.17, 15) is 29.9 Å². The zero-order valence-electron chi connectivity index (χ0n) is 11.5. The van der Waals surface area contributed by atoms with Crippen LogP contribution >= 0.6 is 0 Å². The number of nitro benzene ring substituents is 1. The lowest BCUT2D eigenvalue weighted by Gasteiger charge is -2.10. The van der Waals surface area contributed by atoms with Crippen molar-refractivity contribution in [2.75, 3.05) is 0 Å². The Morgan fingerprint density at radius 2 is 1.57 bits per heavy atom. The first kappa shape index (κ1) is 14.5. The monoisotopic (exact) mass is 311 g/mol. The minimum absolute atomic E-state index is 0.0192. The van der Waals surface area contributed by atoms with E-state index in [4.69, 9.17) is 0 Å². The van der Waals surface area contributed by atoms with Crippen LogP contribution in [0.4, 0.5) is 5.69 Å². The minimum atomic E-state index is -1.30. The molecule has 0 saturated heterocycles. The first-order valence-corrected chi connectivity index (χ1v) is 6.51. The SMILES string of the molecule is O=C(O)c1cccc2c1c(C(=O)O)cc1cccc([N+](=O)[O-])c12. The molecule has 0 amide bonds. The van der Waals surface area contributed by atoms with Crippen LogP contribution in [0.3, 0.4) is 0 Å². The van der Waals surface area contributed by atoms with Gasteiger partial charge in [0.1, 0.15) is 0 Å². The van der Waals surface area contributed by atoms with Crippen LogP contribution in [0.5, 0.6) is 0 Å². The highest BCUT2D eigenvalue weighted by molar-refractivity contribution is 6.22. The third kappa shape index (κ3) is 2.15. The molecule has 3 aromatic rings. The van der Waals surface area contributed by atoms with E-state index < -0.39 is 16.9 Å². The molecule has 3 rings (SSSR count). The molecule has 114 valence electrons. The number of nitro groups is 1. The van der Waals surface area contributed by atoms with Gasteiger partial charge in [-0.2, -0.15) is 0 Å². The van der Waals surface area contributed by atoms with Gasteiger partial charge >= 0.3 is 11.9 Å². The average molecular weight is 311 g/mol. The molecule has 0 atom stereocenters. The van der Waals surface area contributed by atoms with Crippen LogP contribution in [0.25, 0.3) is 21.5 Å². The van der Waals surface area contributed by atoms with Crippen LogP contribution in [0.1, 0.15) is 20.7 Å². The van der Waals surface area contributed by atoms with E-state index in [-0.39, 0.29) is 33.0 Å². The van der Waals surface area contributed by atoms with E-state index in [1.165, 1.54) is 36.4 Å². The summed E-state index contributed by atoms with van der Waals surface area (Å²) < 4.78 is 0. The van der Waals surface area contributed by atoms with Crippen LogP contribution < -0.4 is 0 Å². The molecule has 23 heavy (non-hydrogen) atoms. The molecule has 0 bridgehead atoms. The predicted molar refractivity (Wildman–Crippen MR) is 82.0 cm³/mol. The summed E-state index contributed by atoms with van der Waals surface area (Å²) in [5.41, 5.74) is -0.613. The number of carboxylic acids is 2. The quantitative estimate of drug-likeness (QED) is 0.435. The Morgan fingerprint density at radius 1 is 0.913 bits per heavy atom. The first-order chi connectivity index (χ1) is 10.9.